The molecule has 1 atom stereocenters. The maximum atomic E-state index is 13.2. The second-order valence-corrected chi connectivity index (χ2v) is 10.3. The Morgan fingerprint density at radius 1 is 1.18 bits per heavy atom. The summed E-state index contributed by atoms with van der Waals surface area (Å²) in [6, 6.07) is 16.8. The van der Waals surface area contributed by atoms with Gasteiger partial charge in [0.1, 0.15) is 6.26 Å². The van der Waals surface area contributed by atoms with E-state index in [0.29, 0.717) is 32.1 Å². The molecule has 0 spiro atoms. The number of aromatic amines is 1. The molecule has 8 heteroatoms. The van der Waals surface area contributed by atoms with Crippen LogP contribution in [0.3, 0.4) is 0 Å². The van der Waals surface area contributed by atoms with Crippen LogP contribution in [0.25, 0.3) is 10.9 Å². The Balaban J connectivity index is 1.28. The van der Waals surface area contributed by atoms with Gasteiger partial charge in [-0.3, -0.25) is 14.5 Å². The van der Waals surface area contributed by atoms with E-state index in [-0.39, 0.29) is 23.5 Å². The van der Waals surface area contributed by atoms with Gasteiger partial charge in [0.25, 0.3) is 5.91 Å². The largest absolute Gasteiger partial charge is 0.466 e. The molecule has 8 nitrogen and oxygen atoms in total. The van der Waals surface area contributed by atoms with Crippen LogP contribution in [0.2, 0.25) is 0 Å². The first kappa shape index (κ1) is 26.7. The number of likely N-dealkylation sites (tertiary alicyclic amines) is 1. The maximum absolute atomic E-state index is 13.2. The molecule has 39 heavy (non-hydrogen) atoms. The smallest absolute Gasteiger partial charge is 0.310 e. The van der Waals surface area contributed by atoms with Gasteiger partial charge in [-0.2, -0.15) is 0 Å². The molecule has 0 saturated carbocycles. The third kappa shape index (κ3) is 6.57. The normalized spacial score (nSPS) is 15.7. The number of aryl methyl sites for hydroxylation is 1. The lowest BCUT2D eigenvalue weighted by molar-refractivity contribution is -0.149. The van der Waals surface area contributed by atoms with E-state index in [1.54, 1.807) is 11.8 Å². The number of H-pyrrole nitrogens is 1. The Hall–Kier alpha value is -3.91. The number of piperidine rings is 1. The van der Waals surface area contributed by atoms with Crippen molar-refractivity contribution in [1.82, 2.24) is 19.8 Å². The lowest BCUT2D eigenvalue weighted by Gasteiger charge is -2.30. The van der Waals surface area contributed by atoms with Gasteiger partial charge in [-0.15, -0.1) is 0 Å². The summed E-state index contributed by atoms with van der Waals surface area (Å²) < 4.78 is 11.0. The number of nitrogens with zero attached hydrogens (tertiary/aromatic N) is 3. The highest BCUT2D eigenvalue weighted by molar-refractivity contribution is 5.92. The molecule has 1 N–H and O–H groups in total. The zero-order chi connectivity index (χ0) is 27.2. The number of carbonyl (C=O) groups is 2. The van der Waals surface area contributed by atoms with Crippen molar-refractivity contribution in [2.45, 2.75) is 46.2 Å². The predicted octanol–water partition coefficient (Wildman–Crippen LogP) is 5.12. The van der Waals surface area contributed by atoms with Crippen molar-refractivity contribution in [3.05, 3.63) is 89.3 Å². The molecule has 0 unspecified atom stereocenters. The van der Waals surface area contributed by atoms with E-state index in [2.05, 4.69) is 70.5 Å². The Morgan fingerprint density at radius 3 is 2.90 bits per heavy atom. The van der Waals surface area contributed by atoms with Crippen LogP contribution in [0.1, 0.15) is 52.8 Å². The molecule has 4 aromatic rings. The van der Waals surface area contributed by atoms with Crippen molar-refractivity contribution < 1.29 is 18.7 Å². The molecule has 204 valence electrons. The van der Waals surface area contributed by atoms with Crippen LogP contribution in [0, 0.1) is 12.8 Å². The summed E-state index contributed by atoms with van der Waals surface area (Å²) in [7, 11) is 0. The van der Waals surface area contributed by atoms with Crippen molar-refractivity contribution in [1.29, 1.82) is 0 Å². The minimum absolute atomic E-state index is 0.206. The summed E-state index contributed by atoms with van der Waals surface area (Å²) in [5, 5.41) is 1.24. The minimum Gasteiger partial charge on any atom is -0.466 e. The number of para-hydroxylation sites is 1. The molecule has 0 bridgehead atoms. The Labute approximate surface area is 229 Å². The Kier molecular flexibility index (Phi) is 8.42. The van der Waals surface area contributed by atoms with Gasteiger partial charge in [0.15, 0.2) is 5.69 Å². The predicted molar refractivity (Wildman–Crippen MR) is 149 cm³/mol. The minimum atomic E-state index is -0.289. The zero-order valence-electron chi connectivity index (χ0n) is 22.7. The summed E-state index contributed by atoms with van der Waals surface area (Å²) >= 11 is 0. The first-order valence-corrected chi connectivity index (χ1v) is 13.7. The number of benzene rings is 2. The third-order valence-corrected chi connectivity index (χ3v) is 7.32. The number of esters is 1. The van der Waals surface area contributed by atoms with E-state index in [0.717, 1.165) is 37.9 Å². The van der Waals surface area contributed by atoms with Gasteiger partial charge in [0, 0.05) is 43.3 Å². The number of carbonyl (C=O) groups excluding carboxylic acids is 2. The van der Waals surface area contributed by atoms with E-state index in [9.17, 15) is 9.59 Å². The standard InChI is InChI=1S/C31H36N4O4/c1-3-38-31(37)25-10-7-14-35(19-25)30(36)28-21-39-29(33-28)20-34(18-23-9-6-8-22(2)16-23)15-13-24-17-32-27-12-5-4-11-26(24)27/h4-6,8-9,11-12,16-17,21,25,32H,3,7,10,13-15,18-20H2,1-2H3/t25-/m1/s1. The molecule has 1 aliphatic rings. The van der Waals surface area contributed by atoms with Gasteiger partial charge in [-0.1, -0.05) is 48.0 Å². The van der Waals surface area contributed by atoms with Crippen LogP contribution in [0.4, 0.5) is 0 Å². The number of fused-ring (bicyclic) bond motifs is 1. The van der Waals surface area contributed by atoms with Crippen LogP contribution in [0.5, 0.6) is 0 Å². The van der Waals surface area contributed by atoms with E-state index < -0.39 is 0 Å². The fraction of sp³-hybridized carbons (Fsp3) is 0.387. The summed E-state index contributed by atoms with van der Waals surface area (Å²) in [6.45, 7) is 7.20. The second kappa shape index (κ2) is 12.3. The number of amides is 1. The van der Waals surface area contributed by atoms with E-state index in [1.165, 1.54) is 28.3 Å². The molecule has 3 heterocycles. The lowest BCUT2D eigenvalue weighted by atomic mass is 9.98. The number of oxazole rings is 1. The fourth-order valence-electron chi connectivity index (χ4n) is 5.35. The Morgan fingerprint density at radius 2 is 2.05 bits per heavy atom. The van der Waals surface area contributed by atoms with Crippen LogP contribution in [-0.2, 0) is 29.0 Å². The highest BCUT2D eigenvalue weighted by atomic mass is 16.5. The van der Waals surface area contributed by atoms with Gasteiger partial charge in [0.2, 0.25) is 5.89 Å². The van der Waals surface area contributed by atoms with Crippen molar-refractivity contribution in [3.63, 3.8) is 0 Å². The van der Waals surface area contributed by atoms with Crippen molar-refractivity contribution in [2.75, 3.05) is 26.2 Å². The monoisotopic (exact) mass is 528 g/mol. The topological polar surface area (TPSA) is 91.7 Å². The fourth-order valence-corrected chi connectivity index (χ4v) is 5.35. The summed E-state index contributed by atoms with van der Waals surface area (Å²) in [5.41, 5.74) is 5.12. The second-order valence-electron chi connectivity index (χ2n) is 10.3. The highest BCUT2D eigenvalue weighted by Gasteiger charge is 2.31. The SMILES string of the molecule is CCOC(=O)[C@@H]1CCCN(C(=O)c2coc(CN(CCc3c[nH]c4ccccc34)Cc3cccc(C)c3)n2)C1. The number of nitrogens with one attached hydrogen (secondary N) is 1. The van der Waals surface area contributed by atoms with Crippen LogP contribution in [-0.4, -0.2) is 57.9 Å². The number of rotatable bonds is 10. The summed E-state index contributed by atoms with van der Waals surface area (Å²) in [4.78, 5) is 37.3. The maximum Gasteiger partial charge on any atom is 0.310 e. The molecular weight excluding hydrogens is 492 g/mol. The first-order valence-electron chi connectivity index (χ1n) is 13.7. The van der Waals surface area contributed by atoms with Gasteiger partial charge in [-0.05, 0) is 50.3 Å². The van der Waals surface area contributed by atoms with Gasteiger partial charge < -0.3 is 19.0 Å². The molecular formula is C31H36N4O4. The zero-order valence-corrected chi connectivity index (χ0v) is 22.7. The molecule has 1 aliphatic heterocycles. The van der Waals surface area contributed by atoms with Crippen molar-refractivity contribution >= 4 is 22.8 Å². The Bertz CT molecular complexity index is 1420. The average molecular weight is 529 g/mol. The molecule has 1 saturated heterocycles. The number of hydrogen-bond donors (Lipinski definition) is 1. The molecule has 0 aliphatic carbocycles. The molecule has 0 radical (unpaired) electrons. The summed E-state index contributed by atoms with van der Waals surface area (Å²) in [5.74, 6) is -0.229. The van der Waals surface area contributed by atoms with Crippen LogP contribution in [0.15, 0.2) is 65.4 Å². The molecule has 2 aromatic carbocycles. The summed E-state index contributed by atoms with van der Waals surface area (Å²) in [6.07, 6.45) is 5.89. The van der Waals surface area contributed by atoms with Crippen molar-refractivity contribution in [2.24, 2.45) is 5.92 Å². The average Bonchev–Trinajstić information content (AvgIpc) is 3.59. The van der Waals surface area contributed by atoms with Gasteiger partial charge in [-0.25, -0.2) is 4.98 Å². The molecule has 1 amide bonds. The lowest BCUT2D eigenvalue weighted by Crippen LogP contribution is -2.43. The number of hydrogen-bond acceptors (Lipinski definition) is 6. The molecule has 1 fully saturated rings. The molecule has 5 rings (SSSR count). The van der Waals surface area contributed by atoms with E-state index >= 15 is 0 Å². The third-order valence-electron chi connectivity index (χ3n) is 7.32. The highest BCUT2D eigenvalue weighted by Crippen LogP contribution is 2.22. The van der Waals surface area contributed by atoms with Gasteiger partial charge in [0.05, 0.1) is 19.1 Å². The van der Waals surface area contributed by atoms with Crippen LogP contribution < -0.4 is 0 Å². The van der Waals surface area contributed by atoms with Gasteiger partial charge >= 0.3 is 5.97 Å². The quantitative estimate of drug-likeness (QED) is 0.287. The first-order chi connectivity index (χ1) is 19.0. The number of ether oxygens (including phenoxy) is 1. The molecule has 2 aromatic heterocycles. The number of aromatic nitrogens is 2. The van der Waals surface area contributed by atoms with E-state index in [4.69, 9.17) is 9.15 Å². The van der Waals surface area contributed by atoms with Crippen molar-refractivity contribution in [3.8, 4) is 0 Å². The van der Waals surface area contributed by atoms with Crippen LogP contribution >= 0.6 is 0 Å². The van der Waals surface area contributed by atoms with E-state index in [1.807, 2.05) is 6.07 Å².